The topological polar surface area (TPSA) is 48.9 Å². The SMILES string of the molecule is C/C=C\CC.CCc1cc2c(s1)Nc1ccc(F)cc1CN=C2N1CCN[C@@H](CCOC)C1. The van der Waals surface area contributed by atoms with E-state index in [1.54, 1.807) is 24.5 Å². The molecule has 3 heterocycles. The van der Waals surface area contributed by atoms with E-state index in [-0.39, 0.29) is 5.82 Å². The summed E-state index contributed by atoms with van der Waals surface area (Å²) in [7, 11) is 1.74. The zero-order valence-corrected chi connectivity index (χ0v) is 21.1. The summed E-state index contributed by atoms with van der Waals surface area (Å²) in [4.78, 5) is 8.67. The number of allylic oxidation sites excluding steroid dienone is 2. The van der Waals surface area contributed by atoms with Gasteiger partial charge in [-0.15, -0.1) is 11.3 Å². The van der Waals surface area contributed by atoms with E-state index >= 15 is 0 Å². The minimum absolute atomic E-state index is 0.222. The normalized spacial score (nSPS) is 17.8. The molecule has 2 aliphatic heterocycles. The maximum atomic E-state index is 13.8. The van der Waals surface area contributed by atoms with Crippen molar-refractivity contribution in [3.8, 4) is 0 Å². The van der Waals surface area contributed by atoms with Gasteiger partial charge in [-0.1, -0.05) is 26.0 Å². The molecule has 2 aliphatic rings. The zero-order chi connectivity index (χ0) is 23.6. The number of ether oxygens (including phenoxy) is 1. The summed E-state index contributed by atoms with van der Waals surface area (Å²) in [5, 5.41) is 8.22. The third-order valence-corrected chi connectivity index (χ3v) is 6.98. The van der Waals surface area contributed by atoms with Gasteiger partial charge in [-0.3, -0.25) is 4.99 Å². The standard InChI is InChI=1S/C21H27FN4OS.C5H10/c1-3-17-11-18-20(26-8-7-23-16(13-26)6-9-27-2)24-12-14-10-15(22)4-5-19(14)25-21(18)28-17;1-3-5-4-2/h4-5,10-11,16,23,25H,3,6-9,12-13H2,1-2H3;3,5H,4H2,1-2H3/b;5-3-/t16-;/m0./s1. The Bertz CT molecular complexity index is 956. The Hall–Kier alpha value is -2.22. The highest BCUT2D eigenvalue weighted by molar-refractivity contribution is 7.16. The predicted octanol–water partition coefficient (Wildman–Crippen LogP) is 5.74. The van der Waals surface area contributed by atoms with E-state index in [1.165, 1.54) is 10.9 Å². The van der Waals surface area contributed by atoms with Crippen LogP contribution in [0.1, 0.15) is 49.6 Å². The molecule has 1 aromatic heterocycles. The van der Waals surface area contributed by atoms with E-state index in [2.05, 4.69) is 47.6 Å². The molecule has 0 saturated carbocycles. The molecule has 0 aliphatic carbocycles. The molecule has 33 heavy (non-hydrogen) atoms. The van der Waals surface area contributed by atoms with Crippen LogP contribution in [0.3, 0.4) is 0 Å². The number of halogens is 1. The molecular formula is C26H37FN4OS. The Balaban J connectivity index is 0.000000555. The highest BCUT2D eigenvalue weighted by Crippen LogP contribution is 2.36. The first-order valence-corrected chi connectivity index (χ1v) is 12.7. The lowest BCUT2D eigenvalue weighted by Crippen LogP contribution is -2.53. The zero-order valence-electron chi connectivity index (χ0n) is 20.3. The Morgan fingerprint density at radius 2 is 2.15 bits per heavy atom. The fraction of sp³-hybridized carbons (Fsp3) is 0.500. The minimum atomic E-state index is -0.222. The first kappa shape index (κ1) is 25.4. The number of aliphatic imine (C=N–C) groups is 1. The number of nitrogens with one attached hydrogen (secondary N) is 2. The number of aryl methyl sites for hydroxylation is 1. The van der Waals surface area contributed by atoms with Crippen LogP contribution in [0.15, 0.2) is 41.4 Å². The summed E-state index contributed by atoms with van der Waals surface area (Å²) in [6.07, 6.45) is 7.31. The first-order valence-electron chi connectivity index (χ1n) is 11.9. The molecule has 0 radical (unpaired) electrons. The van der Waals surface area contributed by atoms with Gasteiger partial charge >= 0.3 is 0 Å². The fourth-order valence-corrected chi connectivity index (χ4v) is 5.04. The molecule has 4 rings (SSSR count). The van der Waals surface area contributed by atoms with Gasteiger partial charge in [0, 0.05) is 50.0 Å². The van der Waals surface area contributed by atoms with Crippen molar-refractivity contribution < 1.29 is 9.13 Å². The monoisotopic (exact) mass is 472 g/mol. The molecule has 1 fully saturated rings. The van der Waals surface area contributed by atoms with Crippen molar-refractivity contribution >= 4 is 27.9 Å². The number of rotatable bonds is 5. The van der Waals surface area contributed by atoms with E-state index in [9.17, 15) is 4.39 Å². The molecule has 1 atom stereocenters. The fourth-order valence-electron chi connectivity index (χ4n) is 4.04. The summed E-state index contributed by atoms with van der Waals surface area (Å²) < 4.78 is 19.1. The summed E-state index contributed by atoms with van der Waals surface area (Å²) in [6, 6.07) is 7.54. The van der Waals surface area contributed by atoms with Gasteiger partial charge in [0.15, 0.2) is 0 Å². The second kappa shape index (κ2) is 12.9. The highest BCUT2D eigenvalue weighted by atomic mass is 32.1. The molecule has 0 spiro atoms. The minimum Gasteiger partial charge on any atom is -0.385 e. The Kier molecular flexibility index (Phi) is 9.91. The Morgan fingerprint density at radius 3 is 2.85 bits per heavy atom. The smallest absolute Gasteiger partial charge is 0.134 e. The van der Waals surface area contributed by atoms with Crippen molar-refractivity contribution in [3.05, 3.63) is 58.2 Å². The number of amidine groups is 1. The lowest BCUT2D eigenvalue weighted by atomic mass is 10.1. The van der Waals surface area contributed by atoms with Crippen molar-refractivity contribution in [2.75, 3.05) is 38.7 Å². The van der Waals surface area contributed by atoms with Crippen LogP contribution in [-0.2, 0) is 17.7 Å². The Morgan fingerprint density at radius 1 is 1.30 bits per heavy atom. The number of anilines is 2. The van der Waals surface area contributed by atoms with E-state index in [4.69, 9.17) is 9.73 Å². The van der Waals surface area contributed by atoms with Crippen LogP contribution in [-0.4, -0.2) is 50.1 Å². The average molecular weight is 473 g/mol. The van der Waals surface area contributed by atoms with Crippen LogP contribution < -0.4 is 10.6 Å². The highest BCUT2D eigenvalue weighted by Gasteiger charge is 2.26. The number of thiophene rings is 1. The molecule has 180 valence electrons. The van der Waals surface area contributed by atoms with Crippen molar-refractivity contribution in [2.45, 2.75) is 52.6 Å². The number of hydrogen-bond acceptors (Lipinski definition) is 6. The summed E-state index contributed by atoms with van der Waals surface area (Å²) in [6.45, 7) is 10.3. The third kappa shape index (κ3) is 6.88. The van der Waals surface area contributed by atoms with Crippen LogP contribution in [0, 0.1) is 5.82 Å². The summed E-state index contributed by atoms with van der Waals surface area (Å²) in [5.41, 5.74) is 2.98. The third-order valence-electron chi connectivity index (χ3n) is 5.78. The number of fused-ring (bicyclic) bond motifs is 2. The average Bonchev–Trinajstić information content (AvgIpc) is 3.21. The van der Waals surface area contributed by atoms with Gasteiger partial charge in [-0.05, 0) is 56.0 Å². The van der Waals surface area contributed by atoms with Gasteiger partial charge in [0.2, 0.25) is 0 Å². The number of benzene rings is 1. The van der Waals surface area contributed by atoms with E-state index in [0.29, 0.717) is 12.6 Å². The van der Waals surface area contributed by atoms with Crippen LogP contribution in [0.5, 0.6) is 0 Å². The second-order valence-electron chi connectivity index (χ2n) is 8.23. The summed E-state index contributed by atoms with van der Waals surface area (Å²) in [5.74, 6) is 0.789. The maximum Gasteiger partial charge on any atom is 0.134 e. The van der Waals surface area contributed by atoms with Crippen molar-refractivity contribution in [2.24, 2.45) is 4.99 Å². The van der Waals surface area contributed by atoms with E-state index in [1.807, 2.05) is 13.0 Å². The van der Waals surface area contributed by atoms with Gasteiger partial charge in [-0.2, -0.15) is 0 Å². The van der Waals surface area contributed by atoms with Crippen LogP contribution in [0.4, 0.5) is 15.1 Å². The number of methoxy groups -OCH3 is 1. The van der Waals surface area contributed by atoms with Gasteiger partial charge in [-0.25, -0.2) is 4.39 Å². The van der Waals surface area contributed by atoms with Gasteiger partial charge < -0.3 is 20.3 Å². The quantitative estimate of drug-likeness (QED) is 0.545. The molecule has 2 N–H and O–H groups in total. The molecular weight excluding hydrogens is 435 g/mol. The molecule has 1 saturated heterocycles. The molecule has 1 aromatic carbocycles. The molecule has 5 nitrogen and oxygen atoms in total. The first-order chi connectivity index (χ1) is 16.1. The number of nitrogens with zero attached hydrogens (tertiary/aromatic N) is 2. The van der Waals surface area contributed by atoms with Crippen molar-refractivity contribution in [3.63, 3.8) is 0 Å². The van der Waals surface area contributed by atoms with Crippen LogP contribution in [0.2, 0.25) is 0 Å². The molecule has 2 aromatic rings. The number of hydrogen-bond donors (Lipinski definition) is 2. The van der Waals surface area contributed by atoms with Crippen LogP contribution in [0.25, 0.3) is 0 Å². The molecule has 0 unspecified atom stereocenters. The van der Waals surface area contributed by atoms with Gasteiger partial charge in [0.1, 0.15) is 16.7 Å². The predicted molar refractivity (Wildman–Crippen MR) is 139 cm³/mol. The van der Waals surface area contributed by atoms with Gasteiger partial charge in [0.25, 0.3) is 0 Å². The molecule has 0 amide bonds. The summed E-state index contributed by atoms with van der Waals surface area (Å²) >= 11 is 1.76. The largest absolute Gasteiger partial charge is 0.385 e. The second-order valence-corrected chi connectivity index (χ2v) is 9.37. The van der Waals surface area contributed by atoms with Crippen molar-refractivity contribution in [1.29, 1.82) is 0 Å². The maximum absolute atomic E-state index is 13.8. The van der Waals surface area contributed by atoms with Crippen molar-refractivity contribution in [1.82, 2.24) is 10.2 Å². The Labute approximate surface area is 201 Å². The lowest BCUT2D eigenvalue weighted by Gasteiger charge is -2.36. The lowest BCUT2D eigenvalue weighted by molar-refractivity contribution is 0.168. The number of piperazine rings is 1. The molecule has 0 bridgehead atoms. The van der Waals surface area contributed by atoms with Crippen LogP contribution >= 0.6 is 11.3 Å². The molecule has 7 heteroatoms. The van der Waals surface area contributed by atoms with E-state index < -0.39 is 0 Å². The van der Waals surface area contributed by atoms with Gasteiger partial charge in [0.05, 0.1) is 12.1 Å². The van der Waals surface area contributed by atoms with E-state index in [0.717, 1.165) is 73.2 Å².